The van der Waals surface area contributed by atoms with E-state index in [9.17, 15) is 4.79 Å². The van der Waals surface area contributed by atoms with Gasteiger partial charge in [0.1, 0.15) is 0 Å². The quantitative estimate of drug-likeness (QED) is 0.657. The lowest BCUT2D eigenvalue weighted by Crippen LogP contribution is -2.44. The van der Waals surface area contributed by atoms with E-state index in [1.54, 1.807) is 0 Å². The molecule has 5 nitrogen and oxygen atoms in total. The number of hydrogen-bond donors (Lipinski definition) is 1. The molecule has 2 heterocycles. The number of fused-ring (bicyclic) bond motifs is 1. The Morgan fingerprint density at radius 3 is 2.77 bits per heavy atom. The molecule has 0 radical (unpaired) electrons. The number of hydrogen-bond acceptors (Lipinski definition) is 4. The second kappa shape index (κ2) is 9.37. The Labute approximate surface area is 178 Å². The molecule has 1 fully saturated rings. The molecule has 1 aliphatic heterocycles. The van der Waals surface area contributed by atoms with Crippen molar-refractivity contribution in [1.82, 2.24) is 15.2 Å². The van der Waals surface area contributed by atoms with Gasteiger partial charge in [-0.05, 0) is 43.7 Å². The van der Waals surface area contributed by atoms with Gasteiger partial charge in [0, 0.05) is 24.0 Å². The fourth-order valence-corrected chi connectivity index (χ4v) is 4.13. The summed E-state index contributed by atoms with van der Waals surface area (Å²) >= 11 is 0. The average molecular weight is 404 g/mol. The van der Waals surface area contributed by atoms with Gasteiger partial charge in [-0.25, -0.2) is 0 Å². The summed E-state index contributed by atoms with van der Waals surface area (Å²) in [5.74, 6) is 0.312. The van der Waals surface area contributed by atoms with Crippen molar-refractivity contribution in [3.05, 3.63) is 77.5 Å². The zero-order valence-electron chi connectivity index (χ0n) is 17.7. The summed E-state index contributed by atoms with van der Waals surface area (Å²) in [6.07, 6.45) is 2.73. The molecule has 0 saturated carbocycles. The number of nitrogens with zero attached hydrogens (tertiary/aromatic N) is 2. The molecule has 5 heteroatoms. The number of nitrogens with one attached hydrogen (secondary N) is 1. The van der Waals surface area contributed by atoms with Gasteiger partial charge in [0.15, 0.2) is 0 Å². The van der Waals surface area contributed by atoms with Gasteiger partial charge >= 0.3 is 0 Å². The Bertz CT molecular complexity index is 997. The van der Waals surface area contributed by atoms with Crippen molar-refractivity contribution in [2.24, 2.45) is 5.92 Å². The van der Waals surface area contributed by atoms with E-state index < -0.39 is 0 Å². The average Bonchev–Trinajstić information content (AvgIpc) is 3.16. The number of benzene rings is 2. The first-order chi connectivity index (χ1) is 14.6. The second-order valence-electron chi connectivity index (χ2n) is 8.32. The van der Waals surface area contributed by atoms with Gasteiger partial charge in [0.05, 0.1) is 31.3 Å². The third kappa shape index (κ3) is 5.04. The zero-order valence-corrected chi connectivity index (χ0v) is 17.7. The minimum absolute atomic E-state index is 0.0391. The van der Waals surface area contributed by atoms with E-state index in [0.717, 1.165) is 18.5 Å². The summed E-state index contributed by atoms with van der Waals surface area (Å²) in [4.78, 5) is 19.1. The number of amides is 1. The van der Waals surface area contributed by atoms with Crippen LogP contribution in [0.15, 0.2) is 60.8 Å². The van der Waals surface area contributed by atoms with Crippen molar-refractivity contribution >= 4 is 16.8 Å². The number of likely N-dealkylation sites (N-methyl/N-ethyl adjacent to an activating group) is 1. The predicted molar refractivity (Wildman–Crippen MR) is 119 cm³/mol. The third-order valence-corrected chi connectivity index (χ3v) is 5.75. The van der Waals surface area contributed by atoms with E-state index in [2.05, 4.69) is 53.6 Å². The van der Waals surface area contributed by atoms with Crippen LogP contribution in [0, 0.1) is 12.8 Å². The summed E-state index contributed by atoms with van der Waals surface area (Å²) in [5.41, 5.74) is 4.72. The highest BCUT2D eigenvalue weighted by atomic mass is 16.5. The molecule has 0 bridgehead atoms. The molecule has 30 heavy (non-hydrogen) atoms. The maximum atomic E-state index is 12.6. The van der Waals surface area contributed by atoms with E-state index in [-0.39, 0.29) is 17.9 Å². The smallest absolute Gasteiger partial charge is 0.234 e. The van der Waals surface area contributed by atoms with Crippen molar-refractivity contribution in [2.45, 2.75) is 25.9 Å². The lowest BCUT2D eigenvalue weighted by molar-refractivity contribution is -0.123. The van der Waals surface area contributed by atoms with Crippen molar-refractivity contribution in [1.29, 1.82) is 0 Å². The standard InChI is InChI=1S/C25H29N3O2/c1-18-7-9-19(10-8-18)14-28(2)15-25(29)27-24-17-30-16-21(24)13-20-11-12-26-23-6-4-3-5-22(20)23/h3-12,21,24H,13-17H2,1-2H3,(H,27,29). The van der Waals surface area contributed by atoms with Gasteiger partial charge < -0.3 is 10.1 Å². The van der Waals surface area contributed by atoms with E-state index in [1.165, 1.54) is 22.1 Å². The second-order valence-corrected chi connectivity index (χ2v) is 8.32. The Hall–Kier alpha value is -2.76. The molecular weight excluding hydrogens is 374 g/mol. The highest BCUT2D eigenvalue weighted by molar-refractivity contribution is 5.82. The number of para-hydroxylation sites is 1. The monoisotopic (exact) mass is 403 g/mol. The number of ether oxygens (including phenoxy) is 1. The normalized spacial score (nSPS) is 18.8. The van der Waals surface area contributed by atoms with Gasteiger partial charge in [-0.2, -0.15) is 0 Å². The predicted octanol–water partition coefficient (Wildman–Crippen LogP) is 3.35. The number of pyridine rings is 1. The first-order valence-corrected chi connectivity index (χ1v) is 10.5. The van der Waals surface area contributed by atoms with Crippen molar-refractivity contribution in [2.75, 3.05) is 26.8 Å². The van der Waals surface area contributed by atoms with Crippen LogP contribution in [-0.2, 0) is 22.5 Å². The molecule has 3 aromatic rings. The highest BCUT2D eigenvalue weighted by Gasteiger charge is 2.30. The van der Waals surface area contributed by atoms with Crippen LogP contribution < -0.4 is 5.32 Å². The van der Waals surface area contributed by atoms with Crippen LogP contribution in [0.5, 0.6) is 0 Å². The summed E-state index contributed by atoms with van der Waals surface area (Å²) in [7, 11) is 1.98. The van der Waals surface area contributed by atoms with E-state index in [0.29, 0.717) is 19.8 Å². The first-order valence-electron chi connectivity index (χ1n) is 10.5. The molecule has 1 aromatic heterocycles. The number of aromatic nitrogens is 1. The Kier molecular flexibility index (Phi) is 6.41. The van der Waals surface area contributed by atoms with E-state index in [1.807, 2.05) is 36.3 Å². The number of carbonyl (C=O) groups excluding carboxylic acids is 1. The Morgan fingerprint density at radius 1 is 1.13 bits per heavy atom. The van der Waals surface area contributed by atoms with Crippen LogP contribution in [0.4, 0.5) is 0 Å². The fraction of sp³-hybridized carbons (Fsp3) is 0.360. The third-order valence-electron chi connectivity index (χ3n) is 5.75. The fourth-order valence-electron chi connectivity index (χ4n) is 4.13. The van der Waals surface area contributed by atoms with Gasteiger partial charge in [0.2, 0.25) is 5.91 Å². The highest BCUT2D eigenvalue weighted by Crippen LogP contribution is 2.24. The lowest BCUT2D eigenvalue weighted by Gasteiger charge is -2.22. The Morgan fingerprint density at radius 2 is 1.93 bits per heavy atom. The maximum absolute atomic E-state index is 12.6. The molecule has 2 atom stereocenters. The van der Waals surface area contributed by atoms with Crippen molar-refractivity contribution in [3.8, 4) is 0 Å². The topological polar surface area (TPSA) is 54.5 Å². The van der Waals surface area contributed by atoms with Crippen molar-refractivity contribution in [3.63, 3.8) is 0 Å². The molecule has 4 rings (SSSR count). The Balaban J connectivity index is 1.34. The van der Waals surface area contributed by atoms with E-state index in [4.69, 9.17) is 4.74 Å². The van der Waals surface area contributed by atoms with Crippen LogP contribution in [0.25, 0.3) is 10.9 Å². The zero-order chi connectivity index (χ0) is 20.9. The molecule has 2 unspecified atom stereocenters. The molecule has 1 saturated heterocycles. The number of carbonyl (C=O) groups is 1. The van der Waals surface area contributed by atoms with Crippen LogP contribution in [0.2, 0.25) is 0 Å². The summed E-state index contributed by atoms with van der Waals surface area (Å²) < 4.78 is 5.72. The summed E-state index contributed by atoms with van der Waals surface area (Å²) in [6, 6.07) is 18.8. The molecule has 0 spiro atoms. The largest absolute Gasteiger partial charge is 0.379 e. The van der Waals surface area contributed by atoms with Gasteiger partial charge in [0.25, 0.3) is 0 Å². The maximum Gasteiger partial charge on any atom is 0.234 e. The molecule has 1 amide bonds. The molecule has 1 N–H and O–H groups in total. The summed E-state index contributed by atoms with van der Waals surface area (Å²) in [6.45, 7) is 4.44. The minimum Gasteiger partial charge on any atom is -0.379 e. The molecule has 2 aromatic carbocycles. The van der Waals surface area contributed by atoms with E-state index >= 15 is 0 Å². The van der Waals surface area contributed by atoms with Crippen LogP contribution >= 0.6 is 0 Å². The van der Waals surface area contributed by atoms with Crippen molar-refractivity contribution < 1.29 is 9.53 Å². The molecule has 156 valence electrons. The number of rotatable bonds is 7. The molecular formula is C25H29N3O2. The van der Waals surface area contributed by atoms with Crippen LogP contribution in [-0.4, -0.2) is 48.6 Å². The first kappa shape index (κ1) is 20.5. The number of aryl methyl sites for hydroxylation is 1. The minimum atomic E-state index is 0.0391. The van der Waals surface area contributed by atoms with Crippen LogP contribution in [0.1, 0.15) is 16.7 Å². The van der Waals surface area contributed by atoms with Gasteiger partial charge in [-0.15, -0.1) is 0 Å². The summed E-state index contributed by atoms with van der Waals surface area (Å²) in [5, 5.41) is 4.38. The molecule has 0 aliphatic carbocycles. The lowest BCUT2D eigenvalue weighted by atomic mass is 9.93. The SMILES string of the molecule is Cc1ccc(CN(C)CC(=O)NC2COCC2Cc2ccnc3ccccc23)cc1. The molecule has 1 aliphatic rings. The van der Waals surface area contributed by atoms with Gasteiger partial charge in [-0.1, -0.05) is 48.0 Å². The van der Waals surface area contributed by atoms with Gasteiger partial charge in [-0.3, -0.25) is 14.7 Å². The van der Waals surface area contributed by atoms with Crippen LogP contribution in [0.3, 0.4) is 0 Å².